The Balaban J connectivity index is 1.19. The molecular weight excluding hydrogens is 593 g/mol. The molecule has 230 valence electrons. The van der Waals surface area contributed by atoms with Crippen molar-refractivity contribution < 1.29 is 27.8 Å². The molecule has 2 aromatic carbocycles. The Hall–Kier alpha value is -4.10. The van der Waals surface area contributed by atoms with Crippen LogP contribution in [0.2, 0.25) is 0 Å². The molecule has 0 aliphatic carbocycles. The third kappa shape index (κ3) is 6.25. The number of alkyl halides is 3. The van der Waals surface area contributed by atoms with Gasteiger partial charge in [0.2, 0.25) is 17.9 Å². The maximum atomic E-state index is 14.3. The summed E-state index contributed by atoms with van der Waals surface area (Å²) in [5.74, 6) is -0.966. The first-order chi connectivity index (χ1) is 21.0. The van der Waals surface area contributed by atoms with Crippen LogP contribution in [-0.4, -0.2) is 64.1 Å². The van der Waals surface area contributed by atoms with Crippen molar-refractivity contribution in [3.8, 4) is 17.0 Å². The van der Waals surface area contributed by atoms with Crippen LogP contribution in [0.4, 0.5) is 24.9 Å². The minimum absolute atomic E-state index is 0.0753. The highest BCUT2D eigenvalue weighted by Crippen LogP contribution is 2.41. The molecule has 2 fully saturated rings. The van der Waals surface area contributed by atoms with Crippen LogP contribution >= 0.6 is 11.8 Å². The van der Waals surface area contributed by atoms with Crippen molar-refractivity contribution in [3.05, 3.63) is 66.2 Å². The number of ether oxygens (including phenoxy) is 1. The number of thioether (sulfide) groups is 1. The first-order valence-corrected chi connectivity index (χ1v) is 15.4. The van der Waals surface area contributed by atoms with E-state index in [1.165, 1.54) is 18.2 Å². The van der Waals surface area contributed by atoms with E-state index >= 15 is 0 Å². The summed E-state index contributed by atoms with van der Waals surface area (Å²) < 4.78 is 48.4. The summed E-state index contributed by atoms with van der Waals surface area (Å²) in [6, 6.07) is 16.6. The van der Waals surface area contributed by atoms with E-state index < -0.39 is 24.3 Å². The number of halogens is 3. The quantitative estimate of drug-likeness (QED) is 0.220. The molecule has 13 heteroatoms. The van der Waals surface area contributed by atoms with E-state index in [0.717, 1.165) is 27.1 Å². The number of aliphatic carboxylic acids is 1. The number of nitrogens with one attached hydrogen (secondary N) is 1. The Bertz CT molecular complexity index is 1680. The number of carboxylic acid groups (broad SMARTS) is 1. The Morgan fingerprint density at radius 3 is 2.45 bits per heavy atom. The first kappa shape index (κ1) is 29.9. The molecule has 4 heterocycles. The summed E-state index contributed by atoms with van der Waals surface area (Å²) in [5.41, 5.74) is 8.16. The average Bonchev–Trinajstić information content (AvgIpc) is 3.42. The van der Waals surface area contributed by atoms with Gasteiger partial charge in [0.15, 0.2) is 0 Å². The van der Waals surface area contributed by atoms with Gasteiger partial charge in [0.1, 0.15) is 11.9 Å². The number of benzene rings is 2. The second-order valence-electron chi connectivity index (χ2n) is 11.3. The lowest BCUT2D eigenvalue weighted by atomic mass is 9.76. The fourth-order valence-corrected chi connectivity index (χ4v) is 6.42. The van der Waals surface area contributed by atoms with Gasteiger partial charge in [-0.05, 0) is 60.3 Å². The molecule has 0 bridgehead atoms. The van der Waals surface area contributed by atoms with Crippen molar-refractivity contribution in [2.45, 2.75) is 42.6 Å². The number of carbonyl (C=O) groups is 1. The zero-order valence-corrected chi connectivity index (χ0v) is 24.7. The average molecular weight is 625 g/mol. The van der Waals surface area contributed by atoms with Crippen LogP contribution in [0.1, 0.15) is 30.9 Å². The minimum atomic E-state index is -4.72. The van der Waals surface area contributed by atoms with Crippen molar-refractivity contribution in [2.75, 3.05) is 36.5 Å². The van der Waals surface area contributed by atoms with Crippen LogP contribution in [0.25, 0.3) is 22.0 Å². The highest BCUT2D eigenvalue weighted by molar-refractivity contribution is 7.98. The zero-order valence-electron chi connectivity index (χ0n) is 23.8. The molecule has 6 rings (SSSR count). The van der Waals surface area contributed by atoms with Gasteiger partial charge in [0, 0.05) is 36.7 Å². The number of hydrogen-bond acceptors (Lipinski definition) is 9. The van der Waals surface area contributed by atoms with Crippen LogP contribution in [-0.2, 0) is 4.79 Å². The molecular formula is C31H31F3N6O3S. The Morgan fingerprint density at radius 1 is 1.07 bits per heavy atom. The van der Waals surface area contributed by atoms with Gasteiger partial charge in [-0.15, -0.1) is 11.8 Å². The van der Waals surface area contributed by atoms with E-state index in [9.17, 15) is 23.1 Å². The lowest BCUT2D eigenvalue weighted by molar-refractivity contribution is -0.198. The zero-order chi connectivity index (χ0) is 31.1. The number of piperidine rings is 1. The van der Waals surface area contributed by atoms with Gasteiger partial charge >= 0.3 is 12.1 Å². The number of carboxylic acids is 1. The molecule has 2 saturated heterocycles. The van der Waals surface area contributed by atoms with Crippen LogP contribution in [0.5, 0.6) is 5.88 Å². The SMILES string of the molecule is CSc1ccc2cc(-c3ccc(C(Oc4cc(N5CCC6(CC5)CN[C@H](C(=O)O)C6)nc(N)n4)C(F)(F)F)cc3)ccc2n1. The van der Waals surface area contributed by atoms with Gasteiger partial charge in [-0.1, -0.05) is 36.4 Å². The van der Waals surface area contributed by atoms with Crippen molar-refractivity contribution >= 4 is 40.4 Å². The standard InChI is InChI=1S/C31H31F3N6O3S/c1-44-26-9-7-21-14-20(6-8-22(21)37-26)18-2-4-19(5-3-18)27(31(32,33)34)43-25-15-24(38-29(35)39-25)40-12-10-30(11-13-40)16-23(28(41)42)36-17-30/h2-9,14-15,23,27,36H,10-13,16-17H2,1H3,(H,41,42)(H2,35,38,39)/t23-,27?/m0/s1. The molecule has 44 heavy (non-hydrogen) atoms. The molecule has 0 amide bonds. The van der Waals surface area contributed by atoms with E-state index in [1.807, 2.05) is 41.5 Å². The Labute approximate surface area is 256 Å². The predicted molar refractivity (Wildman–Crippen MR) is 163 cm³/mol. The predicted octanol–water partition coefficient (Wildman–Crippen LogP) is 5.71. The molecule has 2 atom stereocenters. The summed E-state index contributed by atoms with van der Waals surface area (Å²) >= 11 is 1.55. The second-order valence-corrected chi connectivity index (χ2v) is 12.1. The van der Waals surface area contributed by atoms with Gasteiger partial charge in [-0.2, -0.15) is 23.1 Å². The molecule has 4 N–H and O–H groups in total. The number of fused-ring (bicyclic) bond motifs is 1. The smallest absolute Gasteiger partial charge is 0.429 e. The molecule has 2 aliphatic rings. The van der Waals surface area contributed by atoms with E-state index in [1.54, 1.807) is 23.9 Å². The summed E-state index contributed by atoms with van der Waals surface area (Å²) in [6.45, 7) is 1.72. The lowest BCUT2D eigenvalue weighted by Gasteiger charge is -2.39. The number of hydrogen-bond donors (Lipinski definition) is 3. The molecule has 2 aromatic heterocycles. The van der Waals surface area contributed by atoms with E-state index in [4.69, 9.17) is 10.5 Å². The van der Waals surface area contributed by atoms with Gasteiger partial charge < -0.3 is 25.8 Å². The van der Waals surface area contributed by atoms with Crippen molar-refractivity contribution in [1.29, 1.82) is 0 Å². The number of aromatic nitrogens is 3. The molecule has 1 spiro atoms. The Morgan fingerprint density at radius 2 is 1.80 bits per heavy atom. The largest absolute Gasteiger partial charge is 0.480 e. The van der Waals surface area contributed by atoms with Crippen molar-refractivity contribution in [1.82, 2.24) is 20.3 Å². The molecule has 9 nitrogen and oxygen atoms in total. The fourth-order valence-electron chi connectivity index (χ4n) is 6.03. The van der Waals surface area contributed by atoms with Crippen LogP contribution in [0.3, 0.4) is 0 Å². The number of nitrogen functional groups attached to an aromatic ring is 1. The molecule has 4 aromatic rings. The number of pyridine rings is 1. The number of anilines is 2. The van der Waals surface area contributed by atoms with Crippen LogP contribution in [0, 0.1) is 5.41 Å². The maximum Gasteiger partial charge on any atom is 0.429 e. The topological polar surface area (TPSA) is 126 Å². The number of rotatable bonds is 7. The van der Waals surface area contributed by atoms with Gasteiger partial charge in [-0.25, -0.2) is 4.98 Å². The summed E-state index contributed by atoms with van der Waals surface area (Å²) in [5, 5.41) is 14.3. The lowest BCUT2D eigenvalue weighted by Crippen LogP contribution is -2.41. The van der Waals surface area contributed by atoms with Crippen molar-refractivity contribution in [3.63, 3.8) is 0 Å². The van der Waals surface area contributed by atoms with Gasteiger partial charge in [0.05, 0.1) is 10.5 Å². The number of nitrogens with zero attached hydrogens (tertiary/aromatic N) is 4. The maximum absolute atomic E-state index is 14.3. The van der Waals surface area contributed by atoms with E-state index in [-0.39, 0.29) is 22.8 Å². The number of nitrogens with two attached hydrogens (primary N) is 1. The minimum Gasteiger partial charge on any atom is -0.480 e. The van der Waals surface area contributed by atoms with Gasteiger partial charge in [-0.3, -0.25) is 4.79 Å². The third-order valence-corrected chi connectivity index (χ3v) is 9.11. The van der Waals surface area contributed by atoms with Crippen LogP contribution in [0.15, 0.2) is 65.7 Å². The summed E-state index contributed by atoms with van der Waals surface area (Å²) in [7, 11) is 0. The highest BCUT2D eigenvalue weighted by Gasteiger charge is 2.45. The monoisotopic (exact) mass is 624 g/mol. The molecule has 0 radical (unpaired) electrons. The third-order valence-electron chi connectivity index (χ3n) is 8.47. The molecule has 1 unspecified atom stereocenters. The van der Waals surface area contributed by atoms with Crippen LogP contribution < -0.4 is 20.7 Å². The van der Waals surface area contributed by atoms with Gasteiger partial charge in [0.25, 0.3) is 0 Å². The normalized spacial score (nSPS) is 18.9. The summed E-state index contributed by atoms with van der Waals surface area (Å²) in [4.78, 5) is 26.1. The first-order valence-electron chi connectivity index (χ1n) is 14.2. The molecule has 2 aliphatic heterocycles. The second kappa shape index (κ2) is 11.8. The summed E-state index contributed by atoms with van der Waals surface area (Å²) in [6.07, 6.45) is -3.06. The molecule has 0 saturated carbocycles. The highest BCUT2D eigenvalue weighted by atomic mass is 32.2. The van der Waals surface area contributed by atoms with Crippen molar-refractivity contribution in [2.24, 2.45) is 5.41 Å². The fraction of sp³-hybridized carbons (Fsp3) is 0.355. The van der Waals surface area contributed by atoms with E-state index in [0.29, 0.717) is 44.7 Å². The Kier molecular flexibility index (Phi) is 8.01. The van der Waals surface area contributed by atoms with E-state index in [2.05, 4.69) is 20.3 Å².